The molecule has 5 heteroatoms. The van der Waals surface area contributed by atoms with Crippen molar-refractivity contribution in [2.45, 2.75) is 52.0 Å². The maximum atomic E-state index is 12.5. The SMILES string of the molecule is Cc1n[nH]c(C)c1CCC(=O)N1CC[C@@H]2NCCC[C@@H]2C1. The van der Waals surface area contributed by atoms with Crippen LogP contribution in [-0.2, 0) is 11.2 Å². The van der Waals surface area contributed by atoms with Gasteiger partial charge in [0, 0.05) is 31.2 Å². The summed E-state index contributed by atoms with van der Waals surface area (Å²) in [4.78, 5) is 14.5. The molecule has 3 rings (SSSR count). The second kappa shape index (κ2) is 6.18. The van der Waals surface area contributed by atoms with Crippen molar-refractivity contribution < 1.29 is 4.79 Å². The van der Waals surface area contributed by atoms with Crippen LogP contribution < -0.4 is 5.32 Å². The molecule has 1 aromatic heterocycles. The number of fused-ring (bicyclic) bond motifs is 1. The molecule has 116 valence electrons. The third kappa shape index (κ3) is 3.12. The molecule has 0 aromatic carbocycles. The lowest BCUT2D eigenvalue weighted by atomic mass is 9.85. The van der Waals surface area contributed by atoms with Crippen LogP contribution in [0.15, 0.2) is 0 Å². The Morgan fingerprint density at radius 2 is 2.24 bits per heavy atom. The molecule has 3 heterocycles. The topological polar surface area (TPSA) is 61.0 Å². The monoisotopic (exact) mass is 290 g/mol. The maximum Gasteiger partial charge on any atom is 0.222 e. The van der Waals surface area contributed by atoms with Crippen LogP contribution in [0.5, 0.6) is 0 Å². The molecule has 0 spiro atoms. The highest BCUT2D eigenvalue weighted by molar-refractivity contribution is 5.76. The van der Waals surface area contributed by atoms with E-state index in [1.54, 1.807) is 0 Å². The van der Waals surface area contributed by atoms with E-state index in [1.165, 1.54) is 18.4 Å². The number of aryl methyl sites for hydroxylation is 2. The van der Waals surface area contributed by atoms with Gasteiger partial charge < -0.3 is 10.2 Å². The van der Waals surface area contributed by atoms with Crippen LogP contribution in [0.1, 0.15) is 42.6 Å². The van der Waals surface area contributed by atoms with Crippen molar-refractivity contribution in [1.82, 2.24) is 20.4 Å². The zero-order valence-corrected chi connectivity index (χ0v) is 13.1. The molecule has 0 saturated carbocycles. The summed E-state index contributed by atoms with van der Waals surface area (Å²) in [5.41, 5.74) is 3.32. The Morgan fingerprint density at radius 3 is 3.00 bits per heavy atom. The third-order valence-corrected chi connectivity index (χ3v) is 5.11. The number of amides is 1. The van der Waals surface area contributed by atoms with Crippen molar-refractivity contribution in [1.29, 1.82) is 0 Å². The van der Waals surface area contributed by atoms with Gasteiger partial charge in [-0.05, 0) is 57.6 Å². The number of nitrogens with one attached hydrogen (secondary N) is 2. The number of H-pyrrole nitrogens is 1. The quantitative estimate of drug-likeness (QED) is 0.888. The number of carbonyl (C=O) groups excluding carboxylic acids is 1. The van der Waals surface area contributed by atoms with Crippen LogP contribution in [-0.4, -0.2) is 46.7 Å². The molecule has 0 unspecified atom stereocenters. The maximum absolute atomic E-state index is 12.5. The normalized spacial score (nSPS) is 25.7. The summed E-state index contributed by atoms with van der Waals surface area (Å²) >= 11 is 0. The van der Waals surface area contributed by atoms with Gasteiger partial charge >= 0.3 is 0 Å². The first kappa shape index (κ1) is 14.6. The largest absolute Gasteiger partial charge is 0.342 e. The highest BCUT2D eigenvalue weighted by Gasteiger charge is 2.32. The molecule has 5 nitrogen and oxygen atoms in total. The van der Waals surface area contributed by atoms with Crippen molar-refractivity contribution in [3.8, 4) is 0 Å². The first-order valence-corrected chi connectivity index (χ1v) is 8.16. The number of hydrogen-bond donors (Lipinski definition) is 2. The van der Waals surface area contributed by atoms with Gasteiger partial charge in [0.1, 0.15) is 0 Å². The molecule has 2 fully saturated rings. The second-order valence-electron chi connectivity index (χ2n) is 6.50. The molecule has 2 saturated heterocycles. The van der Waals surface area contributed by atoms with E-state index in [-0.39, 0.29) is 0 Å². The van der Waals surface area contributed by atoms with Gasteiger partial charge in [-0.3, -0.25) is 9.89 Å². The van der Waals surface area contributed by atoms with Crippen molar-refractivity contribution >= 4 is 5.91 Å². The molecule has 2 atom stereocenters. The van der Waals surface area contributed by atoms with Gasteiger partial charge in [0.15, 0.2) is 0 Å². The van der Waals surface area contributed by atoms with E-state index in [2.05, 4.69) is 20.4 Å². The summed E-state index contributed by atoms with van der Waals surface area (Å²) in [6, 6.07) is 0.640. The number of rotatable bonds is 3. The molecule has 0 aliphatic carbocycles. The number of carbonyl (C=O) groups is 1. The van der Waals surface area contributed by atoms with Crippen molar-refractivity contribution in [3.63, 3.8) is 0 Å². The Kier molecular flexibility index (Phi) is 4.29. The van der Waals surface area contributed by atoms with Gasteiger partial charge in [0.25, 0.3) is 0 Å². The van der Waals surface area contributed by atoms with Gasteiger partial charge in [0.05, 0.1) is 5.69 Å². The summed E-state index contributed by atoms with van der Waals surface area (Å²) in [5, 5.41) is 10.8. The van der Waals surface area contributed by atoms with Crippen LogP contribution in [0.4, 0.5) is 0 Å². The van der Waals surface area contributed by atoms with E-state index >= 15 is 0 Å². The lowest BCUT2D eigenvalue weighted by Crippen LogP contribution is -2.53. The second-order valence-corrected chi connectivity index (χ2v) is 6.50. The molecular weight excluding hydrogens is 264 g/mol. The number of hydrogen-bond acceptors (Lipinski definition) is 3. The fourth-order valence-corrected chi connectivity index (χ4v) is 3.80. The van der Waals surface area contributed by atoms with Crippen LogP contribution in [0.2, 0.25) is 0 Å². The molecule has 2 aliphatic rings. The van der Waals surface area contributed by atoms with E-state index < -0.39 is 0 Å². The van der Waals surface area contributed by atoms with Crippen LogP contribution >= 0.6 is 0 Å². The van der Waals surface area contributed by atoms with E-state index in [9.17, 15) is 4.79 Å². The molecule has 0 radical (unpaired) electrons. The lowest BCUT2D eigenvalue weighted by Gasteiger charge is -2.41. The minimum Gasteiger partial charge on any atom is -0.342 e. The zero-order valence-electron chi connectivity index (χ0n) is 13.1. The summed E-state index contributed by atoms with van der Waals surface area (Å²) in [6.07, 6.45) is 5.03. The van der Waals surface area contributed by atoms with Crippen molar-refractivity contribution in [2.24, 2.45) is 5.92 Å². The summed E-state index contributed by atoms with van der Waals surface area (Å²) in [7, 11) is 0. The average molecular weight is 290 g/mol. The number of nitrogens with zero attached hydrogens (tertiary/aromatic N) is 2. The zero-order chi connectivity index (χ0) is 14.8. The van der Waals surface area contributed by atoms with Gasteiger partial charge in [-0.15, -0.1) is 0 Å². The van der Waals surface area contributed by atoms with Gasteiger partial charge in [-0.1, -0.05) is 0 Å². The Morgan fingerprint density at radius 1 is 1.38 bits per heavy atom. The number of aromatic nitrogens is 2. The molecular formula is C16H26N4O. The third-order valence-electron chi connectivity index (χ3n) is 5.11. The molecule has 1 amide bonds. The van der Waals surface area contributed by atoms with Gasteiger partial charge in [0.2, 0.25) is 5.91 Å². The van der Waals surface area contributed by atoms with Crippen LogP contribution in [0.25, 0.3) is 0 Å². The predicted octanol–water partition coefficient (Wildman–Crippen LogP) is 1.56. The smallest absolute Gasteiger partial charge is 0.222 e. The molecule has 1 aromatic rings. The fourth-order valence-electron chi connectivity index (χ4n) is 3.80. The van der Waals surface area contributed by atoms with Crippen molar-refractivity contribution in [2.75, 3.05) is 19.6 Å². The van der Waals surface area contributed by atoms with Crippen LogP contribution in [0, 0.1) is 19.8 Å². The number of likely N-dealkylation sites (tertiary alicyclic amines) is 1. The van der Waals surface area contributed by atoms with E-state index in [4.69, 9.17) is 0 Å². The molecule has 2 N–H and O–H groups in total. The standard InChI is InChI=1S/C16H26N4O/c1-11-14(12(2)19-18-11)5-6-16(21)20-9-7-15-13(10-20)4-3-8-17-15/h13,15,17H,3-10H2,1-2H3,(H,18,19)/t13-,15+/m1/s1. The Bertz CT molecular complexity index is 491. The predicted molar refractivity (Wildman–Crippen MR) is 82.1 cm³/mol. The molecule has 21 heavy (non-hydrogen) atoms. The molecule has 0 bridgehead atoms. The molecule has 2 aliphatic heterocycles. The summed E-state index contributed by atoms with van der Waals surface area (Å²) in [5.74, 6) is 0.966. The highest BCUT2D eigenvalue weighted by atomic mass is 16.2. The first-order valence-electron chi connectivity index (χ1n) is 8.16. The van der Waals surface area contributed by atoms with E-state index in [0.29, 0.717) is 24.3 Å². The average Bonchev–Trinajstić information content (AvgIpc) is 2.83. The van der Waals surface area contributed by atoms with Crippen LogP contribution in [0.3, 0.4) is 0 Å². The van der Waals surface area contributed by atoms with Gasteiger partial charge in [-0.2, -0.15) is 5.10 Å². The number of piperidine rings is 2. The summed E-state index contributed by atoms with van der Waals surface area (Å²) < 4.78 is 0. The van der Waals surface area contributed by atoms with Gasteiger partial charge in [-0.25, -0.2) is 0 Å². The van der Waals surface area contributed by atoms with E-state index in [1.807, 2.05) is 13.8 Å². The minimum absolute atomic E-state index is 0.305. The first-order chi connectivity index (χ1) is 10.1. The van der Waals surface area contributed by atoms with Crippen molar-refractivity contribution in [3.05, 3.63) is 17.0 Å². The Labute approximate surface area is 126 Å². The summed E-state index contributed by atoms with van der Waals surface area (Å²) in [6.45, 7) is 7.03. The lowest BCUT2D eigenvalue weighted by molar-refractivity contribution is -0.133. The number of aromatic amines is 1. The highest BCUT2D eigenvalue weighted by Crippen LogP contribution is 2.25. The fraction of sp³-hybridized carbons (Fsp3) is 0.750. The minimum atomic E-state index is 0.305. The van der Waals surface area contributed by atoms with E-state index in [0.717, 1.165) is 43.9 Å². The Balaban J connectivity index is 1.54. The Hall–Kier alpha value is -1.36.